The van der Waals surface area contributed by atoms with E-state index in [2.05, 4.69) is 5.32 Å². The van der Waals surface area contributed by atoms with Crippen molar-refractivity contribution < 1.29 is 17.9 Å². The highest BCUT2D eigenvalue weighted by Crippen LogP contribution is 2.21. The Kier molecular flexibility index (Phi) is 6.69. The number of amides is 1. The average molecular weight is 383 g/mol. The Hall–Kier alpha value is -1.60. The second kappa shape index (κ2) is 8.39. The quantitative estimate of drug-likeness (QED) is 0.849. The highest BCUT2D eigenvalue weighted by molar-refractivity contribution is 7.88. The van der Waals surface area contributed by atoms with Gasteiger partial charge in [-0.25, -0.2) is 17.5 Å². The van der Waals surface area contributed by atoms with E-state index in [0.717, 1.165) is 24.0 Å². The summed E-state index contributed by atoms with van der Waals surface area (Å²) >= 11 is 0. The summed E-state index contributed by atoms with van der Waals surface area (Å²) < 4.78 is 32.0. The normalized spacial score (nSPS) is 17.1. The van der Waals surface area contributed by atoms with Crippen molar-refractivity contribution in [2.24, 2.45) is 5.92 Å². The van der Waals surface area contributed by atoms with Crippen LogP contribution in [-0.2, 0) is 20.5 Å². The summed E-state index contributed by atoms with van der Waals surface area (Å²) in [6, 6.07) is 7.59. The number of piperidine rings is 1. The van der Waals surface area contributed by atoms with Crippen LogP contribution in [0.3, 0.4) is 0 Å². The van der Waals surface area contributed by atoms with Crippen LogP contribution >= 0.6 is 0 Å². The Labute approximate surface area is 157 Å². The van der Waals surface area contributed by atoms with Crippen LogP contribution in [-0.4, -0.2) is 44.1 Å². The number of nitrogens with zero attached hydrogens (tertiary/aromatic N) is 1. The van der Waals surface area contributed by atoms with Crippen molar-refractivity contribution in [2.75, 3.05) is 19.6 Å². The summed E-state index contributed by atoms with van der Waals surface area (Å²) in [6.07, 6.45) is 1.05. The van der Waals surface area contributed by atoms with Crippen LogP contribution < -0.4 is 5.32 Å². The molecule has 1 heterocycles. The number of hydrogen-bond donors (Lipinski definition) is 1. The number of aryl methyl sites for hydroxylation is 1. The maximum absolute atomic E-state index is 12.6. The molecule has 1 aromatic rings. The van der Waals surface area contributed by atoms with Crippen LogP contribution in [0.1, 0.15) is 44.7 Å². The van der Waals surface area contributed by atoms with Crippen LogP contribution in [0.5, 0.6) is 0 Å². The molecule has 0 unspecified atom stereocenters. The van der Waals surface area contributed by atoms with Gasteiger partial charge in [-0.05, 0) is 52.0 Å². The van der Waals surface area contributed by atoms with Gasteiger partial charge in [-0.3, -0.25) is 0 Å². The maximum Gasteiger partial charge on any atom is 0.407 e. The van der Waals surface area contributed by atoms with Gasteiger partial charge in [0.25, 0.3) is 0 Å². The third-order valence-electron chi connectivity index (χ3n) is 4.37. The van der Waals surface area contributed by atoms with Crippen molar-refractivity contribution >= 4 is 16.1 Å². The highest BCUT2D eigenvalue weighted by atomic mass is 32.2. The lowest BCUT2D eigenvalue weighted by Gasteiger charge is -2.31. The van der Waals surface area contributed by atoms with Gasteiger partial charge < -0.3 is 10.1 Å². The van der Waals surface area contributed by atoms with Gasteiger partial charge in [-0.2, -0.15) is 0 Å². The molecule has 0 atom stereocenters. The van der Waals surface area contributed by atoms with Crippen LogP contribution in [0, 0.1) is 12.8 Å². The lowest BCUT2D eigenvalue weighted by atomic mass is 9.98. The fourth-order valence-electron chi connectivity index (χ4n) is 2.92. The first-order valence-electron chi connectivity index (χ1n) is 9.05. The summed E-state index contributed by atoms with van der Waals surface area (Å²) in [5.74, 6) is 0.307. The molecule has 0 aromatic heterocycles. The zero-order valence-electron chi connectivity index (χ0n) is 16.1. The van der Waals surface area contributed by atoms with Crippen molar-refractivity contribution in [1.29, 1.82) is 0 Å². The zero-order valence-corrected chi connectivity index (χ0v) is 16.9. The van der Waals surface area contributed by atoms with E-state index in [-0.39, 0.29) is 11.7 Å². The molecule has 26 heavy (non-hydrogen) atoms. The van der Waals surface area contributed by atoms with Gasteiger partial charge in [0.2, 0.25) is 10.0 Å². The van der Waals surface area contributed by atoms with Crippen molar-refractivity contribution in [1.82, 2.24) is 9.62 Å². The van der Waals surface area contributed by atoms with Crippen LogP contribution in [0.4, 0.5) is 4.79 Å². The van der Waals surface area contributed by atoms with Crippen LogP contribution in [0.2, 0.25) is 0 Å². The van der Waals surface area contributed by atoms with E-state index in [9.17, 15) is 13.2 Å². The second-order valence-electron chi connectivity index (χ2n) is 7.97. The molecule has 1 fully saturated rings. The molecule has 1 N–H and O–H groups in total. The summed E-state index contributed by atoms with van der Waals surface area (Å²) in [5.41, 5.74) is 1.41. The molecule has 1 aromatic carbocycles. The molecule has 1 amide bonds. The first-order chi connectivity index (χ1) is 12.0. The zero-order chi connectivity index (χ0) is 19.4. The molecule has 146 valence electrons. The third kappa shape index (κ3) is 6.61. The minimum atomic E-state index is -3.31. The Morgan fingerprint density at radius 2 is 1.77 bits per heavy atom. The van der Waals surface area contributed by atoms with Gasteiger partial charge >= 0.3 is 6.09 Å². The van der Waals surface area contributed by atoms with E-state index in [1.807, 2.05) is 52.0 Å². The summed E-state index contributed by atoms with van der Waals surface area (Å²) in [5, 5.41) is 2.78. The number of hydrogen-bond acceptors (Lipinski definition) is 4. The summed E-state index contributed by atoms with van der Waals surface area (Å²) in [7, 11) is -3.31. The standard InChI is InChI=1S/C19H30N2O4S/c1-15-5-7-17(8-6-15)14-26(23,24)21-11-9-16(10-12-21)13-20-18(22)25-19(2,3)4/h5-8,16H,9-14H2,1-4H3,(H,20,22). The maximum atomic E-state index is 12.6. The van der Waals surface area contributed by atoms with E-state index in [4.69, 9.17) is 4.74 Å². The molecule has 1 aliphatic rings. The minimum absolute atomic E-state index is 0.0358. The van der Waals surface area contributed by atoms with E-state index in [1.165, 1.54) is 0 Å². The fraction of sp³-hybridized carbons (Fsp3) is 0.632. The first-order valence-corrected chi connectivity index (χ1v) is 10.7. The number of ether oxygens (including phenoxy) is 1. The van der Waals surface area contributed by atoms with Gasteiger partial charge in [0.15, 0.2) is 0 Å². The van der Waals surface area contributed by atoms with Crippen molar-refractivity contribution in [3.05, 3.63) is 35.4 Å². The molecule has 0 saturated carbocycles. The van der Waals surface area contributed by atoms with Crippen LogP contribution in [0.15, 0.2) is 24.3 Å². The summed E-state index contributed by atoms with van der Waals surface area (Å²) in [4.78, 5) is 11.7. The third-order valence-corrected chi connectivity index (χ3v) is 6.22. The Morgan fingerprint density at radius 1 is 1.19 bits per heavy atom. The molecular formula is C19H30N2O4S. The number of benzene rings is 1. The van der Waals surface area contributed by atoms with E-state index < -0.39 is 21.7 Å². The summed E-state index contributed by atoms with van der Waals surface area (Å²) in [6.45, 7) is 8.96. The first kappa shape index (κ1) is 20.7. The molecule has 6 nitrogen and oxygen atoms in total. The van der Waals surface area contributed by atoms with Gasteiger partial charge in [0.1, 0.15) is 5.60 Å². The molecule has 2 rings (SSSR count). The highest BCUT2D eigenvalue weighted by Gasteiger charge is 2.28. The van der Waals surface area contributed by atoms with Crippen molar-refractivity contribution in [3.63, 3.8) is 0 Å². The number of carbonyl (C=O) groups is 1. The predicted octanol–water partition coefficient (Wildman–Crippen LogP) is 3.06. The lowest BCUT2D eigenvalue weighted by Crippen LogP contribution is -2.42. The topological polar surface area (TPSA) is 75.7 Å². The second-order valence-corrected chi connectivity index (χ2v) is 9.94. The number of nitrogens with one attached hydrogen (secondary N) is 1. The Morgan fingerprint density at radius 3 is 2.31 bits per heavy atom. The number of sulfonamides is 1. The molecular weight excluding hydrogens is 352 g/mol. The molecule has 1 saturated heterocycles. The van der Waals surface area contributed by atoms with E-state index in [0.29, 0.717) is 19.6 Å². The minimum Gasteiger partial charge on any atom is -0.444 e. The molecule has 0 spiro atoms. The molecule has 7 heteroatoms. The van der Waals surface area contributed by atoms with Gasteiger partial charge in [0, 0.05) is 19.6 Å². The van der Waals surface area contributed by atoms with Gasteiger partial charge in [-0.1, -0.05) is 29.8 Å². The largest absolute Gasteiger partial charge is 0.444 e. The lowest BCUT2D eigenvalue weighted by molar-refractivity contribution is 0.0513. The van der Waals surface area contributed by atoms with Gasteiger partial charge in [0.05, 0.1) is 5.75 Å². The van der Waals surface area contributed by atoms with E-state index >= 15 is 0 Å². The molecule has 0 aliphatic carbocycles. The molecule has 1 aliphatic heterocycles. The number of rotatable bonds is 5. The van der Waals surface area contributed by atoms with Crippen molar-refractivity contribution in [2.45, 2.75) is 51.9 Å². The fourth-order valence-corrected chi connectivity index (χ4v) is 4.48. The van der Waals surface area contributed by atoms with E-state index in [1.54, 1.807) is 4.31 Å². The molecule has 0 radical (unpaired) electrons. The number of alkyl carbamates (subject to hydrolysis) is 1. The number of carbonyl (C=O) groups excluding carboxylic acids is 1. The van der Waals surface area contributed by atoms with Crippen LogP contribution in [0.25, 0.3) is 0 Å². The Balaban J connectivity index is 1.80. The van der Waals surface area contributed by atoms with Crippen molar-refractivity contribution in [3.8, 4) is 0 Å². The SMILES string of the molecule is Cc1ccc(CS(=O)(=O)N2CCC(CNC(=O)OC(C)(C)C)CC2)cc1. The predicted molar refractivity (Wildman–Crippen MR) is 102 cm³/mol. The Bertz CT molecular complexity index is 700. The molecule has 0 bridgehead atoms. The smallest absolute Gasteiger partial charge is 0.407 e. The monoisotopic (exact) mass is 382 g/mol. The van der Waals surface area contributed by atoms with Gasteiger partial charge in [-0.15, -0.1) is 0 Å². The average Bonchev–Trinajstić information content (AvgIpc) is 2.54.